The van der Waals surface area contributed by atoms with Crippen molar-refractivity contribution in [3.8, 4) is 5.75 Å². The summed E-state index contributed by atoms with van der Waals surface area (Å²) in [5.41, 5.74) is 1.98. The summed E-state index contributed by atoms with van der Waals surface area (Å²) in [6.45, 7) is 10.6. The van der Waals surface area contributed by atoms with E-state index in [1.807, 2.05) is 0 Å². The zero-order valence-electron chi connectivity index (χ0n) is 22.4. The molecule has 4 atom stereocenters. The number of halogens is 4. The number of rotatable bonds is 8. The van der Waals surface area contributed by atoms with Crippen molar-refractivity contribution in [3.05, 3.63) is 64.2 Å². The van der Waals surface area contributed by atoms with Crippen LogP contribution in [-0.2, 0) is 26.1 Å². The molecule has 4 unspecified atom stereocenters. The number of aliphatic hydroxyl groups is 2. The number of benzene rings is 2. The molecule has 0 radical (unpaired) electrons. The third-order valence-corrected chi connectivity index (χ3v) is 12.2. The Morgan fingerprint density at radius 1 is 1.08 bits per heavy atom. The van der Waals surface area contributed by atoms with E-state index in [1.165, 1.54) is 31.4 Å². The lowest BCUT2D eigenvalue weighted by Crippen LogP contribution is -2.56. The van der Waals surface area contributed by atoms with E-state index in [0.29, 0.717) is 28.1 Å². The first-order valence-electron chi connectivity index (χ1n) is 12.3. The largest absolute Gasteiger partial charge is 0.573 e. The average molecular weight is 577 g/mol. The van der Waals surface area contributed by atoms with Gasteiger partial charge in [0.2, 0.25) is 0 Å². The summed E-state index contributed by atoms with van der Waals surface area (Å²) in [6, 6.07) is 10.7. The maximum atomic E-state index is 12.5. The molecule has 38 heavy (non-hydrogen) atoms. The SMILES string of the molecule is COC1(c2ccc(Cl)c(Cc3ccc(OC(F)(F)F)cc3)c2)CC(O)C(O)C(CO[Si](C)(C)C(C)(C)C)O1. The summed E-state index contributed by atoms with van der Waals surface area (Å²) in [4.78, 5) is 0. The molecule has 1 saturated heterocycles. The molecule has 2 aromatic rings. The lowest BCUT2D eigenvalue weighted by molar-refractivity contribution is -0.322. The number of methoxy groups -OCH3 is 1. The van der Waals surface area contributed by atoms with Crippen LogP contribution in [0.5, 0.6) is 5.75 Å². The summed E-state index contributed by atoms with van der Waals surface area (Å²) < 4.78 is 59.7. The van der Waals surface area contributed by atoms with E-state index in [2.05, 4.69) is 38.6 Å². The van der Waals surface area contributed by atoms with Crippen LogP contribution in [0.1, 0.15) is 43.9 Å². The van der Waals surface area contributed by atoms with E-state index in [0.717, 1.165) is 0 Å². The van der Waals surface area contributed by atoms with Gasteiger partial charge in [-0.05, 0) is 59.9 Å². The molecule has 0 aliphatic carbocycles. The second-order valence-corrected chi connectivity index (χ2v) is 16.3. The third-order valence-electron chi connectivity index (χ3n) is 7.38. The van der Waals surface area contributed by atoms with E-state index in [9.17, 15) is 23.4 Å². The van der Waals surface area contributed by atoms with Crippen LogP contribution in [0.4, 0.5) is 13.2 Å². The number of hydrogen-bond acceptors (Lipinski definition) is 6. The molecule has 0 aromatic heterocycles. The average Bonchev–Trinajstić information content (AvgIpc) is 2.81. The van der Waals surface area contributed by atoms with Gasteiger partial charge in [-0.15, -0.1) is 13.2 Å². The van der Waals surface area contributed by atoms with Crippen molar-refractivity contribution < 1.29 is 42.0 Å². The minimum absolute atomic E-state index is 0.0220. The van der Waals surface area contributed by atoms with E-state index in [1.54, 1.807) is 18.2 Å². The number of ether oxygens (including phenoxy) is 3. The van der Waals surface area contributed by atoms with Gasteiger partial charge in [0.25, 0.3) is 0 Å². The highest BCUT2D eigenvalue weighted by Gasteiger charge is 2.49. The summed E-state index contributed by atoms with van der Waals surface area (Å²) in [6.07, 6.45) is -7.59. The van der Waals surface area contributed by atoms with Gasteiger partial charge < -0.3 is 28.8 Å². The van der Waals surface area contributed by atoms with E-state index >= 15 is 0 Å². The Kier molecular flexibility index (Phi) is 9.30. The minimum Gasteiger partial charge on any atom is -0.414 e. The first kappa shape index (κ1) is 30.9. The summed E-state index contributed by atoms with van der Waals surface area (Å²) in [7, 11) is -0.694. The lowest BCUT2D eigenvalue weighted by Gasteiger charge is -2.46. The van der Waals surface area contributed by atoms with Crippen LogP contribution in [0, 0.1) is 0 Å². The van der Waals surface area contributed by atoms with Crippen LogP contribution in [0.15, 0.2) is 42.5 Å². The fraction of sp³-hybridized carbons (Fsp3) is 0.556. The molecule has 1 aliphatic heterocycles. The van der Waals surface area contributed by atoms with Gasteiger partial charge in [0.05, 0.1) is 12.7 Å². The Bertz CT molecular complexity index is 1090. The summed E-state index contributed by atoms with van der Waals surface area (Å²) in [5.74, 6) is -1.68. The van der Waals surface area contributed by atoms with Gasteiger partial charge in [-0.3, -0.25) is 0 Å². The predicted octanol–water partition coefficient (Wildman–Crippen LogP) is 6.16. The van der Waals surface area contributed by atoms with Crippen molar-refractivity contribution in [2.45, 2.75) is 82.2 Å². The van der Waals surface area contributed by atoms with Crippen LogP contribution >= 0.6 is 11.6 Å². The maximum Gasteiger partial charge on any atom is 0.573 e. The van der Waals surface area contributed by atoms with Gasteiger partial charge in [-0.25, -0.2) is 0 Å². The van der Waals surface area contributed by atoms with Crippen LogP contribution in [0.3, 0.4) is 0 Å². The standard InChI is InChI=1S/C27H36ClF3O6Si/c1-25(2,3)38(5,6)35-16-23-24(33)22(32)15-26(34-4,37-23)19-9-12-21(28)18(14-19)13-17-7-10-20(11-8-17)36-27(29,30)31/h7-12,14,22-24,32-33H,13,15-16H2,1-6H3. The Hall–Kier alpha value is -1.66. The molecule has 6 nitrogen and oxygen atoms in total. The quantitative estimate of drug-likeness (QED) is 0.367. The first-order valence-corrected chi connectivity index (χ1v) is 15.6. The van der Waals surface area contributed by atoms with E-state index in [-0.39, 0.29) is 23.8 Å². The van der Waals surface area contributed by atoms with Crippen molar-refractivity contribution in [2.24, 2.45) is 0 Å². The Balaban J connectivity index is 1.84. The molecule has 0 saturated carbocycles. The van der Waals surface area contributed by atoms with Gasteiger partial charge in [0, 0.05) is 24.1 Å². The van der Waals surface area contributed by atoms with Crippen molar-refractivity contribution in [2.75, 3.05) is 13.7 Å². The summed E-state index contributed by atoms with van der Waals surface area (Å²) >= 11 is 6.46. The Morgan fingerprint density at radius 3 is 2.26 bits per heavy atom. The van der Waals surface area contributed by atoms with Crippen molar-refractivity contribution in [3.63, 3.8) is 0 Å². The third kappa shape index (κ3) is 7.29. The smallest absolute Gasteiger partial charge is 0.414 e. The molecule has 2 N–H and O–H groups in total. The molecule has 1 aliphatic rings. The van der Waals surface area contributed by atoms with Crippen LogP contribution in [0.25, 0.3) is 0 Å². The molecule has 3 rings (SSSR count). The fourth-order valence-electron chi connectivity index (χ4n) is 4.06. The van der Waals surface area contributed by atoms with Gasteiger partial charge in [0.1, 0.15) is 18.0 Å². The highest BCUT2D eigenvalue weighted by Crippen LogP contribution is 2.42. The van der Waals surface area contributed by atoms with E-state index in [4.69, 9.17) is 25.5 Å². The van der Waals surface area contributed by atoms with Gasteiger partial charge in [-0.2, -0.15) is 0 Å². The molecule has 1 fully saturated rings. The molecule has 212 valence electrons. The zero-order valence-corrected chi connectivity index (χ0v) is 24.2. The van der Waals surface area contributed by atoms with Crippen molar-refractivity contribution in [1.82, 2.24) is 0 Å². The monoisotopic (exact) mass is 576 g/mol. The van der Waals surface area contributed by atoms with Crippen LogP contribution in [-0.4, -0.2) is 56.9 Å². The minimum atomic E-state index is -4.76. The Labute approximate surface area is 227 Å². The van der Waals surface area contributed by atoms with E-state index < -0.39 is 38.8 Å². The molecule has 1 heterocycles. The number of aliphatic hydroxyl groups excluding tert-OH is 2. The van der Waals surface area contributed by atoms with Crippen LogP contribution < -0.4 is 4.74 Å². The topological polar surface area (TPSA) is 77.4 Å². The highest BCUT2D eigenvalue weighted by molar-refractivity contribution is 6.74. The summed E-state index contributed by atoms with van der Waals surface area (Å²) in [5, 5.41) is 21.9. The van der Waals surface area contributed by atoms with Gasteiger partial charge in [0.15, 0.2) is 14.1 Å². The second kappa shape index (κ2) is 11.4. The molecule has 0 amide bonds. The fourth-order valence-corrected chi connectivity index (χ4v) is 5.26. The second-order valence-electron chi connectivity index (χ2n) is 11.1. The lowest BCUT2D eigenvalue weighted by atomic mass is 9.89. The zero-order chi connectivity index (χ0) is 28.5. The van der Waals surface area contributed by atoms with Gasteiger partial charge >= 0.3 is 6.36 Å². The van der Waals surface area contributed by atoms with Crippen molar-refractivity contribution >= 4 is 19.9 Å². The number of alkyl halides is 3. The molecule has 0 spiro atoms. The molecule has 2 aromatic carbocycles. The molecular formula is C27H36ClF3O6Si. The highest BCUT2D eigenvalue weighted by atomic mass is 35.5. The Morgan fingerprint density at radius 2 is 1.71 bits per heavy atom. The normalized spacial score (nSPS) is 24.9. The van der Waals surface area contributed by atoms with Crippen LogP contribution in [0.2, 0.25) is 23.2 Å². The van der Waals surface area contributed by atoms with Gasteiger partial charge in [-0.1, -0.05) is 50.6 Å². The van der Waals surface area contributed by atoms with Crippen molar-refractivity contribution in [1.29, 1.82) is 0 Å². The first-order chi connectivity index (χ1) is 17.5. The molecule has 11 heteroatoms. The molecule has 0 bridgehead atoms. The number of hydrogen-bond donors (Lipinski definition) is 2. The predicted molar refractivity (Wildman–Crippen MR) is 141 cm³/mol. The maximum absolute atomic E-state index is 12.5. The molecular weight excluding hydrogens is 541 g/mol.